The standard InChI is InChI=1S/C12H11FN2OS/c13-8-2-1-7-3-11(17-10(7)4-8)12(16)15-5-9(14)6-15/h1-4,9H,5-6,14H2. The van der Waals surface area contributed by atoms with Crippen LogP contribution < -0.4 is 5.73 Å². The molecule has 1 amide bonds. The van der Waals surface area contributed by atoms with Crippen LogP contribution in [0.1, 0.15) is 9.67 Å². The van der Waals surface area contributed by atoms with Gasteiger partial charge in [0.1, 0.15) is 5.82 Å². The van der Waals surface area contributed by atoms with Crippen molar-refractivity contribution < 1.29 is 9.18 Å². The number of hydrogen-bond acceptors (Lipinski definition) is 3. The predicted molar refractivity (Wildman–Crippen MR) is 65.7 cm³/mol. The molecule has 1 saturated heterocycles. The van der Waals surface area contributed by atoms with E-state index >= 15 is 0 Å². The molecule has 1 aliphatic rings. The summed E-state index contributed by atoms with van der Waals surface area (Å²) in [6, 6.07) is 6.47. The minimum Gasteiger partial charge on any atom is -0.335 e. The molecule has 1 aliphatic heterocycles. The average molecular weight is 250 g/mol. The number of nitrogens with zero attached hydrogens (tertiary/aromatic N) is 1. The molecule has 17 heavy (non-hydrogen) atoms. The van der Waals surface area contributed by atoms with E-state index < -0.39 is 0 Å². The largest absolute Gasteiger partial charge is 0.335 e. The fourth-order valence-electron chi connectivity index (χ4n) is 1.94. The van der Waals surface area contributed by atoms with E-state index in [-0.39, 0.29) is 17.8 Å². The fraction of sp³-hybridized carbons (Fsp3) is 0.250. The van der Waals surface area contributed by atoms with Gasteiger partial charge in [0.05, 0.1) is 4.88 Å². The highest BCUT2D eigenvalue weighted by atomic mass is 32.1. The van der Waals surface area contributed by atoms with E-state index in [0.29, 0.717) is 18.0 Å². The number of likely N-dealkylation sites (tertiary alicyclic amines) is 1. The number of rotatable bonds is 1. The first-order valence-electron chi connectivity index (χ1n) is 5.37. The SMILES string of the molecule is NC1CN(C(=O)c2cc3ccc(F)cc3s2)C1. The topological polar surface area (TPSA) is 46.3 Å². The Hall–Kier alpha value is -1.46. The number of carbonyl (C=O) groups excluding carboxylic acids is 1. The van der Waals surface area contributed by atoms with Crippen molar-refractivity contribution in [3.05, 3.63) is 35.0 Å². The van der Waals surface area contributed by atoms with Crippen LogP contribution in [0.4, 0.5) is 4.39 Å². The second kappa shape index (κ2) is 3.78. The van der Waals surface area contributed by atoms with Crippen LogP contribution in [-0.2, 0) is 0 Å². The zero-order valence-electron chi connectivity index (χ0n) is 9.02. The summed E-state index contributed by atoms with van der Waals surface area (Å²) >= 11 is 1.33. The minimum atomic E-state index is -0.274. The second-order valence-corrected chi connectivity index (χ2v) is 5.35. The number of thiophene rings is 1. The Balaban J connectivity index is 1.93. The van der Waals surface area contributed by atoms with Gasteiger partial charge in [-0.2, -0.15) is 0 Å². The Kier molecular flexibility index (Phi) is 2.38. The molecule has 0 aliphatic carbocycles. The van der Waals surface area contributed by atoms with Crippen molar-refractivity contribution >= 4 is 27.3 Å². The Labute approximate surface area is 102 Å². The lowest BCUT2D eigenvalue weighted by Crippen LogP contribution is -2.57. The first-order valence-corrected chi connectivity index (χ1v) is 6.19. The molecule has 0 saturated carbocycles. The van der Waals surface area contributed by atoms with Crippen molar-refractivity contribution in [3.8, 4) is 0 Å². The van der Waals surface area contributed by atoms with Gasteiger partial charge < -0.3 is 10.6 Å². The summed E-state index contributed by atoms with van der Waals surface area (Å²) in [5, 5.41) is 0.907. The van der Waals surface area contributed by atoms with Gasteiger partial charge in [-0.15, -0.1) is 11.3 Å². The molecule has 0 bridgehead atoms. The summed E-state index contributed by atoms with van der Waals surface area (Å²) in [5.74, 6) is -0.280. The van der Waals surface area contributed by atoms with E-state index in [1.54, 1.807) is 11.0 Å². The van der Waals surface area contributed by atoms with Crippen molar-refractivity contribution in [1.82, 2.24) is 4.90 Å². The van der Waals surface area contributed by atoms with Gasteiger partial charge in [0.2, 0.25) is 0 Å². The van der Waals surface area contributed by atoms with Gasteiger partial charge in [0.25, 0.3) is 5.91 Å². The van der Waals surface area contributed by atoms with E-state index in [4.69, 9.17) is 5.73 Å². The minimum absolute atomic E-state index is 0.00620. The maximum absolute atomic E-state index is 13.0. The van der Waals surface area contributed by atoms with Crippen LogP contribution in [0.3, 0.4) is 0 Å². The van der Waals surface area contributed by atoms with Crippen molar-refractivity contribution in [2.45, 2.75) is 6.04 Å². The van der Waals surface area contributed by atoms with Gasteiger partial charge in [0.15, 0.2) is 0 Å². The molecule has 1 fully saturated rings. The van der Waals surface area contributed by atoms with Crippen LogP contribution in [0, 0.1) is 5.82 Å². The molecule has 0 atom stereocenters. The molecule has 1 aromatic heterocycles. The zero-order chi connectivity index (χ0) is 12.0. The van der Waals surface area contributed by atoms with E-state index in [2.05, 4.69) is 0 Å². The number of halogens is 1. The van der Waals surface area contributed by atoms with Crippen LogP contribution in [0.5, 0.6) is 0 Å². The molecular weight excluding hydrogens is 239 g/mol. The van der Waals surface area contributed by atoms with Crippen LogP contribution in [0.15, 0.2) is 24.3 Å². The van der Waals surface area contributed by atoms with E-state index in [1.807, 2.05) is 6.07 Å². The summed E-state index contributed by atoms with van der Waals surface area (Å²) in [6.07, 6.45) is 0. The third kappa shape index (κ3) is 1.81. The molecular formula is C12H11FN2OS. The van der Waals surface area contributed by atoms with Gasteiger partial charge in [-0.1, -0.05) is 6.07 Å². The molecule has 88 valence electrons. The molecule has 1 aromatic carbocycles. The molecule has 2 N–H and O–H groups in total. The highest BCUT2D eigenvalue weighted by Gasteiger charge is 2.29. The Morgan fingerprint density at radius 2 is 2.18 bits per heavy atom. The lowest BCUT2D eigenvalue weighted by molar-refractivity contribution is 0.0613. The Bertz CT molecular complexity index is 589. The number of benzene rings is 1. The van der Waals surface area contributed by atoms with E-state index in [1.165, 1.54) is 23.5 Å². The van der Waals surface area contributed by atoms with E-state index in [9.17, 15) is 9.18 Å². The monoisotopic (exact) mass is 250 g/mol. The first-order chi connectivity index (χ1) is 8.13. The van der Waals surface area contributed by atoms with Crippen molar-refractivity contribution in [3.63, 3.8) is 0 Å². The van der Waals surface area contributed by atoms with Crippen molar-refractivity contribution in [2.24, 2.45) is 5.73 Å². The van der Waals surface area contributed by atoms with Crippen molar-refractivity contribution in [1.29, 1.82) is 0 Å². The fourth-order valence-corrected chi connectivity index (χ4v) is 3.00. The van der Waals surface area contributed by atoms with Crippen LogP contribution >= 0.6 is 11.3 Å². The van der Waals surface area contributed by atoms with Gasteiger partial charge >= 0.3 is 0 Å². The normalized spacial score (nSPS) is 16.2. The number of fused-ring (bicyclic) bond motifs is 1. The highest BCUT2D eigenvalue weighted by Crippen LogP contribution is 2.28. The average Bonchev–Trinajstić information content (AvgIpc) is 2.66. The number of hydrogen-bond donors (Lipinski definition) is 1. The summed E-state index contributed by atoms with van der Waals surface area (Å²) < 4.78 is 13.8. The van der Waals surface area contributed by atoms with Gasteiger partial charge in [-0.05, 0) is 23.6 Å². The summed E-state index contributed by atoms with van der Waals surface area (Å²) in [7, 11) is 0. The smallest absolute Gasteiger partial charge is 0.264 e. The third-order valence-electron chi connectivity index (χ3n) is 2.89. The lowest BCUT2D eigenvalue weighted by atomic mass is 10.1. The molecule has 5 heteroatoms. The first kappa shape index (κ1) is 10.7. The third-order valence-corrected chi connectivity index (χ3v) is 3.98. The number of nitrogens with two attached hydrogens (primary N) is 1. The summed E-state index contributed by atoms with van der Waals surface area (Å²) in [4.78, 5) is 14.4. The molecule has 3 nitrogen and oxygen atoms in total. The highest BCUT2D eigenvalue weighted by molar-refractivity contribution is 7.20. The van der Waals surface area contributed by atoms with E-state index in [0.717, 1.165) is 10.1 Å². The molecule has 0 unspecified atom stereocenters. The van der Waals surface area contributed by atoms with Gasteiger partial charge in [0, 0.05) is 23.8 Å². The maximum atomic E-state index is 13.0. The van der Waals surface area contributed by atoms with Gasteiger partial charge in [-0.3, -0.25) is 4.79 Å². The Morgan fingerprint density at radius 3 is 2.88 bits per heavy atom. The number of amides is 1. The molecule has 0 radical (unpaired) electrons. The Morgan fingerprint density at radius 1 is 1.41 bits per heavy atom. The number of carbonyl (C=O) groups is 1. The summed E-state index contributed by atoms with van der Waals surface area (Å²) in [6.45, 7) is 1.23. The van der Waals surface area contributed by atoms with Crippen LogP contribution in [0.25, 0.3) is 10.1 Å². The molecule has 3 rings (SSSR count). The quantitative estimate of drug-likeness (QED) is 0.839. The maximum Gasteiger partial charge on any atom is 0.264 e. The lowest BCUT2D eigenvalue weighted by Gasteiger charge is -2.36. The second-order valence-electron chi connectivity index (χ2n) is 4.26. The summed E-state index contributed by atoms with van der Waals surface area (Å²) in [5.41, 5.74) is 5.64. The molecule has 2 aromatic rings. The zero-order valence-corrected chi connectivity index (χ0v) is 9.84. The molecule has 0 spiro atoms. The predicted octanol–water partition coefficient (Wildman–Crippen LogP) is 1.82. The molecule has 2 heterocycles. The van der Waals surface area contributed by atoms with Crippen LogP contribution in [0.2, 0.25) is 0 Å². The van der Waals surface area contributed by atoms with Gasteiger partial charge in [-0.25, -0.2) is 4.39 Å². The van der Waals surface area contributed by atoms with Crippen molar-refractivity contribution in [2.75, 3.05) is 13.1 Å². The van der Waals surface area contributed by atoms with Crippen LogP contribution in [-0.4, -0.2) is 29.9 Å².